The molecule has 1 aromatic heterocycles. The van der Waals surface area contributed by atoms with Gasteiger partial charge in [-0.3, -0.25) is 14.4 Å². The van der Waals surface area contributed by atoms with Gasteiger partial charge in [0.05, 0.1) is 6.26 Å². The van der Waals surface area contributed by atoms with Crippen molar-refractivity contribution in [2.24, 2.45) is 0 Å². The molecule has 0 aliphatic carbocycles. The lowest BCUT2D eigenvalue weighted by atomic mass is 10.1. The Morgan fingerprint density at radius 1 is 1.20 bits per heavy atom. The second kappa shape index (κ2) is 6.93. The molecule has 25 heavy (non-hydrogen) atoms. The number of benzene rings is 1. The molecule has 6 nitrogen and oxygen atoms in total. The highest BCUT2D eigenvalue weighted by molar-refractivity contribution is 6.42. The predicted octanol–water partition coefficient (Wildman–Crippen LogP) is 2.03. The van der Waals surface area contributed by atoms with Crippen molar-refractivity contribution >= 4 is 17.6 Å². The molecule has 0 radical (unpaired) electrons. The van der Waals surface area contributed by atoms with Crippen LogP contribution in [0.1, 0.15) is 28.6 Å². The average Bonchev–Trinajstić information content (AvgIpc) is 3.12. The summed E-state index contributed by atoms with van der Waals surface area (Å²) in [5.74, 6) is -1.59. The minimum Gasteiger partial charge on any atom is -0.461 e. The van der Waals surface area contributed by atoms with Crippen LogP contribution in [-0.2, 0) is 16.1 Å². The third-order valence-electron chi connectivity index (χ3n) is 4.40. The van der Waals surface area contributed by atoms with Gasteiger partial charge < -0.3 is 14.2 Å². The molecule has 0 bridgehead atoms. The van der Waals surface area contributed by atoms with E-state index in [-0.39, 0.29) is 11.7 Å². The van der Waals surface area contributed by atoms with Crippen molar-refractivity contribution in [3.8, 4) is 0 Å². The highest BCUT2D eigenvalue weighted by atomic mass is 16.3. The molecular formula is C19H20N2O4. The molecule has 0 spiro atoms. The standard InChI is InChI=1S/C19H20N2O4/c1-13-5-3-6-15(11-13)12-20-8-9-21(14(2)18(20)23)19(24)17(22)16-7-4-10-25-16/h3-7,10-11,14H,8-9,12H2,1-2H3/t14-/m1/s1. The SMILES string of the molecule is Cc1cccc(CN2CCN(C(=O)C(=O)c3ccco3)[C@H](C)C2=O)c1. The number of carbonyl (C=O) groups excluding carboxylic acids is 3. The third-order valence-corrected chi connectivity index (χ3v) is 4.40. The summed E-state index contributed by atoms with van der Waals surface area (Å²) in [6.45, 7) is 4.88. The summed E-state index contributed by atoms with van der Waals surface area (Å²) in [6.07, 6.45) is 1.34. The number of carbonyl (C=O) groups is 3. The van der Waals surface area contributed by atoms with Crippen molar-refractivity contribution in [2.45, 2.75) is 26.4 Å². The van der Waals surface area contributed by atoms with E-state index in [0.717, 1.165) is 11.1 Å². The lowest BCUT2D eigenvalue weighted by molar-refractivity contribution is -0.148. The number of aryl methyl sites for hydroxylation is 1. The largest absolute Gasteiger partial charge is 0.461 e. The van der Waals surface area contributed by atoms with E-state index in [9.17, 15) is 14.4 Å². The van der Waals surface area contributed by atoms with Gasteiger partial charge in [-0.15, -0.1) is 0 Å². The van der Waals surface area contributed by atoms with E-state index in [1.54, 1.807) is 17.9 Å². The van der Waals surface area contributed by atoms with Crippen LogP contribution in [0.4, 0.5) is 0 Å². The highest BCUT2D eigenvalue weighted by Crippen LogP contribution is 2.17. The van der Waals surface area contributed by atoms with Crippen molar-refractivity contribution < 1.29 is 18.8 Å². The van der Waals surface area contributed by atoms with E-state index < -0.39 is 17.7 Å². The van der Waals surface area contributed by atoms with Crippen molar-refractivity contribution in [1.82, 2.24) is 9.80 Å². The zero-order valence-electron chi connectivity index (χ0n) is 14.3. The molecule has 0 N–H and O–H groups in total. The van der Waals surface area contributed by atoms with Gasteiger partial charge >= 0.3 is 0 Å². The van der Waals surface area contributed by atoms with Gasteiger partial charge in [0.1, 0.15) is 6.04 Å². The van der Waals surface area contributed by atoms with Crippen LogP contribution in [0.25, 0.3) is 0 Å². The van der Waals surface area contributed by atoms with Crippen LogP contribution >= 0.6 is 0 Å². The Hall–Kier alpha value is -2.89. The fraction of sp³-hybridized carbons (Fsp3) is 0.316. The predicted molar refractivity (Wildman–Crippen MR) is 90.8 cm³/mol. The summed E-state index contributed by atoms with van der Waals surface area (Å²) in [6, 6.07) is 10.3. The monoisotopic (exact) mass is 340 g/mol. The molecule has 2 aromatic rings. The lowest BCUT2D eigenvalue weighted by Gasteiger charge is -2.38. The molecule has 1 aliphatic heterocycles. The molecule has 130 valence electrons. The summed E-state index contributed by atoms with van der Waals surface area (Å²) in [5.41, 5.74) is 2.18. The third kappa shape index (κ3) is 3.47. The van der Waals surface area contributed by atoms with Crippen molar-refractivity contribution in [2.75, 3.05) is 13.1 Å². The van der Waals surface area contributed by atoms with Crippen LogP contribution in [0.15, 0.2) is 47.1 Å². The van der Waals surface area contributed by atoms with E-state index in [1.807, 2.05) is 31.2 Å². The number of ketones is 1. The number of furan rings is 1. The maximum atomic E-state index is 12.6. The molecule has 6 heteroatoms. The number of hydrogen-bond acceptors (Lipinski definition) is 4. The number of rotatable bonds is 4. The number of hydrogen-bond donors (Lipinski definition) is 0. The van der Waals surface area contributed by atoms with Gasteiger partial charge in [-0.2, -0.15) is 0 Å². The summed E-state index contributed by atoms with van der Waals surface area (Å²) in [5, 5.41) is 0. The summed E-state index contributed by atoms with van der Waals surface area (Å²) in [4.78, 5) is 40.2. The molecule has 1 saturated heterocycles. The molecule has 0 unspecified atom stereocenters. The Labute approximate surface area is 146 Å². The maximum absolute atomic E-state index is 12.6. The smallest absolute Gasteiger partial charge is 0.299 e. The number of Topliss-reactive ketones (excluding diaryl/α,β-unsaturated/α-hetero) is 1. The minimum absolute atomic E-state index is 0.00756. The molecular weight excluding hydrogens is 320 g/mol. The molecule has 1 atom stereocenters. The first-order valence-electron chi connectivity index (χ1n) is 8.20. The van der Waals surface area contributed by atoms with Crippen LogP contribution in [0, 0.1) is 6.92 Å². The Morgan fingerprint density at radius 2 is 2.00 bits per heavy atom. The molecule has 1 fully saturated rings. The number of nitrogens with zero attached hydrogens (tertiary/aromatic N) is 2. The van der Waals surface area contributed by atoms with Gasteiger partial charge in [-0.25, -0.2) is 0 Å². The van der Waals surface area contributed by atoms with E-state index in [2.05, 4.69) is 0 Å². The summed E-state index contributed by atoms with van der Waals surface area (Å²) >= 11 is 0. The van der Waals surface area contributed by atoms with Gasteiger partial charge in [0, 0.05) is 19.6 Å². The van der Waals surface area contributed by atoms with E-state index in [4.69, 9.17) is 4.42 Å². The molecule has 3 rings (SSSR count). The molecule has 1 aliphatic rings. The Bertz CT molecular complexity index is 798. The van der Waals surface area contributed by atoms with Crippen LogP contribution in [0.3, 0.4) is 0 Å². The first-order valence-corrected chi connectivity index (χ1v) is 8.20. The zero-order chi connectivity index (χ0) is 18.0. The first-order chi connectivity index (χ1) is 12.0. The van der Waals surface area contributed by atoms with E-state index >= 15 is 0 Å². The highest BCUT2D eigenvalue weighted by Gasteiger charge is 2.37. The normalized spacial score (nSPS) is 17.7. The molecule has 0 saturated carbocycles. The zero-order valence-corrected chi connectivity index (χ0v) is 14.3. The lowest BCUT2D eigenvalue weighted by Crippen LogP contribution is -2.58. The second-order valence-electron chi connectivity index (χ2n) is 6.23. The van der Waals surface area contributed by atoms with Crippen molar-refractivity contribution in [3.63, 3.8) is 0 Å². The number of piperazine rings is 1. The average molecular weight is 340 g/mol. The van der Waals surface area contributed by atoms with Gasteiger partial charge in [0.15, 0.2) is 5.76 Å². The molecule has 2 amide bonds. The quantitative estimate of drug-likeness (QED) is 0.631. The topological polar surface area (TPSA) is 70.8 Å². The van der Waals surface area contributed by atoms with E-state index in [1.165, 1.54) is 17.2 Å². The fourth-order valence-electron chi connectivity index (χ4n) is 3.04. The summed E-state index contributed by atoms with van der Waals surface area (Å²) < 4.78 is 4.99. The maximum Gasteiger partial charge on any atom is 0.299 e. The molecule has 2 heterocycles. The van der Waals surface area contributed by atoms with Crippen LogP contribution in [-0.4, -0.2) is 46.5 Å². The van der Waals surface area contributed by atoms with Crippen LogP contribution in [0.5, 0.6) is 0 Å². The van der Waals surface area contributed by atoms with E-state index in [0.29, 0.717) is 19.6 Å². The fourth-order valence-corrected chi connectivity index (χ4v) is 3.04. The first kappa shape index (κ1) is 17.0. The Balaban J connectivity index is 1.69. The minimum atomic E-state index is -0.725. The van der Waals surface area contributed by atoms with Crippen LogP contribution < -0.4 is 0 Å². The van der Waals surface area contributed by atoms with Crippen LogP contribution in [0.2, 0.25) is 0 Å². The second-order valence-corrected chi connectivity index (χ2v) is 6.23. The Kier molecular flexibility index (Phi) is 4.70. The van der Waals surface area contributed by atoms with Crippen molar-refractivity contribution in [1.29, 1.82) is 0 Å². The van der Waals surface area contributed by atoms with Gasteiger partial charge in [-0.05, 0) is 31.5 Å². The van der Waals surface area contributed by atoms with Gasteiger partial charge in [-0.1, -0.05) is 29.8 Å². The van der Waals surface area contributed by atoms with Crippen molar-refractivity contribution in [3.05, 3.63) is 59.5 Å². The Morgan fingerprint density at radius 3 is 2.68 bits per heavy atom. The van der Waals surface area contributed by atoms with Gasteiger partial charge in [0.2, 0.25) is 5.91 Å². The summed E-state index contributed by atoms with van der Waals surface area (Å²) in [7, 11) is 0. The molecule has 1 aromatic carbocycles. The van der Waals surface area contributed by atoms with Gasteiger partial charge in [0.25, 0.3) is 11.7 Å². The number of amides is 2.